The summed E-state index contributed by atoms with van der Waals surface area (Å²) >= 11 is 0. The van der Waals surface area contributed by atoms with Gasteiger partial charge in [0.25, 0.3) is 5.60 Å². The average molecular weight is 276 g/mol. The van der Waals surface area contributed by atoms with E-state index in [1.54, 1.807) is 0 Å². The molecule has 2 N–H and O–H groups in total. The van der Waals surface area contributed by atoms with Crippen LogP contribution < -0.4 is 0 Å². The molecule has 3 nitrogen and oxygen atoms in total. The number of carboxylic acid groups (broad SMARTS) is 1. The van der Waals surface area contributed by atoms with Gasteiger partial charge in [-0.05, 0) is 11.0 Å². The second kappa shape index (κ2) is 4.52. The molecule has 0 aromatic heterocycles. The lowest BCUT2D eigenvalue weighted by Crippen LogP contribution is -2.49. The van der Waals surface area contributed by atoms with Crippen molar-refractivity contribution < 1.29 is 28.2 Å². The maximum Gasteiger partial charge on any atom is 0.432 e. The summed E-state index contributed by atoms with van der Waals surface area (Å²) in [6, 6.07) is 4.74. The van der Waals surface area contributed by atoms with Crippen molar-refractivity contribution in [2.45, 2.75) is 38.0 Å². The van der Waals surface area contributed by atoms with Crippen LogP contribution in [0.5, 0.6) is 0 Å². The third kappa shape index (κ3) is 2.73. The molecule has 0 spiro atoms. The number of carboxylic acids is 1. The fourth-order valence-electron chi connectivity index (χ4n) is 1.62. The summed E-state index contributed by atoms with van der Waals surface area (Å²) in [6.45, 7) is 5.61. The topological polar surface area (TPSA) is 57.5 Å². The Labute approximate surface area is 108 Å². The van der Waals surface area contributed by atoms with E-state index in [1.807, 2.05) is 20.8 Å². The van der Waals surface area contributed by atoms with Crippen molar-refractivity contribution in [3.63, 3.8) is 0 Å². The smallest absolute Gasteiger partial charge is 0.432 e. The highest BCUT2D eigenvalue weighted by Gasteiger charge is 2.61. The predicted octanol–water partition coefficient (Wildman–Crippen LogP) is 2.82. The van der Waals surface area contributed by atoms with Crippen molar-refractivity contribution in [2.75, 3.05) is 0 Å². The molecule has 6 heteroatoms. The maximum atomic E-state index is 12.7. The molecule has 0 saturated carbocycles. The van der Waals surface area contributed by atoms with E-state index < -0.39 is 23.3 Å². The van der Waals surface area contributed by atoms with Crippen LogP contribution in [0.25, 0.3) is 0 Å². The fourth-order valence-corrected chi connectivity index (χ4v) is 1.62. The van der Waals surface area contributed by atoms with Crippen LogP contribution in [0.2, 0.25) is 0 Å². The number of benzene rings is 1. The lowest BCUT2D eigenvalue weighted by atomic mass is 9.84. The Bertz CT molecular complexity index is 471. The lowest BCUT2D eigenvalue weighted by Gasteiger charge is -2.27. The van der Waals surface area contributed by atoms with Gasteiger partial charge in [0, 0.05) is 5.56 Å². The number of aliphatic carboxylic acids is 1. The fraction of sp³-hybridized carbons (Fsp3) is 0.462. The predicted molar refractivity (Wildman–Crippen MR) is 62.7 cm³/mol. The molecule has 1 aromatic rings. The van der Waals surface area contributed by atoms with Gasteiger partial charge in [0.2, 0.25) is 0 Å². The number of halogens is 3. The summed E-state index contributed by atoms with van der Waals surface area (Å²) in [4.78, 5) is 10.8. The molecule has 0 aliphatic rings. The van der Waals surface area contributed by atoms with Gasteiger partial charge in [0.15, 0.2) is 0 Å². The Morgan fingerprint density at radius 1 is 1.00 bits per heavy atom. The summed E-state index contributed by atoms with van der Waals surface area (Å²) in [5.74, 6) is -2.34. The summed E-state index contributed by atoms with van der Waals surface area (Å²) in [7, 11) is 0. The quantitative estimate of drug-likeness (QED) is 0.873. The number of alkyl halides is 3. The SMILES string of the molecule is CC(C)(C)c1ccc(C(O)(C(=O)O)C(F)(F)F)cc1. The third-order valence-corrected chi connectivity index (χ3v) is 2.89. The Morgan fingerprint density at radius 3 is 1.63 bits per heavy atom. The summed E-state index contributed by atoms with van der Waals surface area (Å²) in [5, 5.41) is 18.1. The molecular formula is C13H15F3O3. The van der Waals surface area contributed by atoms with Crippen LogP contribution in [0.4, 0.5) is 13.2 Å². The molecule has 1 aromatic carbocycles. The van der Waals surface area contributed by atoms with Crippen LogP contribution in [-0.4, -0.2) is 22.4 Å². The van der Waals surface area contributed by atoms with Gasteiger partial charge in [-0.15, -0.1) is 0 Å². The zero-order valence-electron chi connectivity index (χ0n) is 10.7. The van der Waals surface area contributed by atoms with Gasteiger partial charge in [-0.1, -0.05) is 45.0 Å². The molecule has 0 amide bonds. The first kappa shape index (κ1) is 15.5. The van der Waals surface area contributed by atoms with Crippen LogP contribution in [0.1, 0.15) is 31.9 Å². The van der Waals surface area contributed by atoms with E-state index >= 15 is 0 Å². The number of carbonyl (C=O) groups is 1. The molecule has 0 bridgehead atoms. The molecule has 19 heavy (non-hydrogen) atoms. The summed E-state index contributed by atoms with van der Waals surface area (Å²) in [6.07, 6.45) is -5.29. The Kier molecular flexibility index (Phi) is 3.69. The van der Waals surface area contributed by atoms with E-state index in [0.29, 0.717) is 0 Å². The first-order chi connectivity index (χ1) is 8.40. The highest BCUT2D eigenvalue weighted by molar-refractivity contribution is 5.80. The molecule has 1 atom stereocenters. The van der Waals surface area contributed by atoms with E-state index in [2.05, 4.69) is 0 Å². The van der Waals surface area contributed by atoms with E-state index in [9.17, 15) is 23.1 Å². The van der Waals surface area contributed by atoms with Gasteiger partial charge in [0.1, 0.15) is 0 Å². The van der Waals surface area contributed by atoms with Crippen molar-refractivity contribution in [3.8, 4) is 0 Å². The van der Waals surface area contributed by atoms with Gasteiger partial charge < -0.3 is 10.2 Å². The second-order valence-electron chi connectivity index (χ2n) is 5.34. The van der Waals surface area contributed by atoms with Gasteiger partial charge in [-0.2, -0.15) is 13.2 Å². The standard InChI is InChI=1S/C13H15F3O3/c1-11(2,3)8-4-6-9(7-5-8)12(19,10(17)18)13(14,15)16/h4-7,19H,1-3H3,(H,17,18). The Balaban J connectivity index is 3.32. The number of hydrogen-bond donors (Lipinski definition) is 2. The van der Waals surface area contributed by atoms with Gasteiger partial charge in [-0.25, -0.2) is 4.79 Å². The van der Waals surface area contributed by atoms with Crippen molar-refractivity contribution in [1.29, 1.82) is 0 Å². The van der Waals surface area contributed by atoms with E-state index in [-0.39, 0.29) is 5.41 Å². The van der Waals surface area contributed by atoms with Crippen molar-refractivity contribution in [2.24, 2.45) is 0 Å². The van der Waals surface area contributed by atoms with Gasteiger partial charge in [-0.3, -0.25) is 0 Å². The largest absolute Gasteiger partial charge is 0.479 e. The highest BCUT2D eigenvalue weighted by atomic mass is 19.4. The molecular weight excluding hydrogens is 261 g/mol. The van der Waals surface area contributed by atoms with Crippen LogP contribution in [0, 0.1) is 0 Å². The molecule has 0 heterocycles. The van der Waals surface area contributed by atoms with Crippen molar-refractivity contribution >= 4 is 5.97 Å². The maximum absolute atomic E-state index is 12.7. The first-order valence-corrected chi connectivity index (χ1v) is 5.54. The normalized spacial score (nSPS) is 15.9. The van der Waals surface area contributed by atoms with Crippen LogP contribution in [0.3, 0.4) is 0 Å². The Hall–Kier alpha value is -1.56. The highest BCUT2D eigenvalue weighted by Crippen LogP contribution is 2.39. The molecule has 0 radical (unpaired) electrons. The van der Waals surface area contributed by atoms with Gasteiger partial charge >= 0.3 is 12.1 Å². The number of hydrogen-bond acceptors (Lipinski definition) is 2. The molecule has 0 aliphatic heterocycles. The van der Waals surface area contributed by atoms with Gasteiger partial charge in [0.05, 0.1) is 0 Å². The second-order valence-corrected chi connectivity index (χ2v) is 5.34. The molecule has 1 unspecified atom stereocenters. The average Bonchev–Trinajstić information content (AvgIpc) is 2.25. The Morgan fingerprint density at radius 2 is 1.37 bits per heavy atom. The van der Waals surface area contributed by atoms with Crippen LogP contribution >= 0.6 is 0 Å². The summed E-state index contributed by atoms with van der Waals surface area (Å²) in [5.41, 5.74) is -4.13. The number of rotatable bonds is 2. The van der Waals surface area contributed by atoms with E-state index in [4.69, 9.17) is 5.11 Å². The van der Waals surface area contributed by atoms with Crippen LogP contribution in [-0.2, 0) is 15.8 Å². The minimum atomic E-state index is -5.29. The lowest BCUT2D eigenvalue weighted by molar-refractivity contribution is -0.265. The zero-order valence-corrected chi connectivity index (χ0v) is 10.7. The number of aliphatic hydroxyl groups is 1. The molecule has 0 aliphatic carbocycles. The third-order valence-electron chi connectivity index (χ3n) is 2.89. The van der Waals surface area contributed by atoms with E-state index in [0.717, 1.165) is 17.7 Å². The van der Waals surface area contributed by atoms with Crippen LogP contribution in [0.15, 0.2) is 24.3 Å². The molecule has 0 saturated heterocycles. The van der Waals surface area contributed by atoms with E-state index in [1.165, 1.54) is 12.1 Å². The first-order valence-electron chi connectivity index (χ1n) is 5.54. The zero-order chi connectivity index (χ0) is 15.1. The minimum Gasteiger partial charge on any atom is -0.479 e. The van der Waals surface area contributed by atoms with Crippen molar-refractivity contribution in [3.05, 3.63) is 35.4 Å². The molecule has 1 rings (SSSR count). The van der Waals surface area contributed by atoms with Crippen molar-refractivity contribution in [1.82, 2.24) is 0 Å². The minimum absolute atomic E-state index is 0.280. The summed E-state index contributed by atoms with van der Waals surface area (Å²) < 4.78 is 38.2. The molecule has 0 fully saturated rings. The molecule has 106 valence electrons. The monoisotopic (exact) mass is 276 g/mol.